The number of rotatable bonds is 1. The Hall–Kier alpha value is -0.390. The van der Waals surface area contributed by atoms with Crippen LogP contribution in [0, 0.1) is 0 Å². The van der Waals surface area contributed by atoms with Crippen molar-refractivity contribution in [3.8, 4) is 0 Å². The van der Waals surface area contributed by atoms with Crippen molar-refractivity contribution in [3.63, 3.8) is 0 Å². The van der Waals surface area contributed by atoms with Gasteiger partial charge < -0.3 is 10.0 Å². The average Bonchev–Trinajstić information content (AvgIpc) is 2.56. The van der Waals surface area contributed by atoms with E-state index in [0.717, 1.165) is 24.6 Å². The molecule has 2 rings (SSSR count). The van der Waals surface area contributed by atoms with E-state index in [-0.39, 0.29) is 6.10 Å². The molecule has 1 aromatic rings. The van der Waals surface area contributed by atoms with E-state index in [0.29, 0.717) is 23.6 Å². The number of nitrogens with zero attached hydrogens (tertiary/aromatic N) is 3. The fourth-order valence-corrected chi connectivity index (χ4v) is 2.48. The molecule has 0 radical (unpaired) electrons. The first-order valence-corrected chi connectivity index (χ1v) is 5.72. The lowest BCUT2D eigenvalue weighted by molar-refractivity contribution is 0.144. The summed E-state index contributed by atoms with van der Waals surface area (Å²) in [5.74, 6) is 0.711. The molecule has 2 heterocycles. The largest absolute Gasteiger partial charge is 0.391 e. The monoisotopic (exact) mass is 233 g/mol. The molecule has 1 aliphatic rings. The molecule has 0 aliphatic carbocycles. The standard InChI is InChI=1S/C8H12ClN3OS/c1-5-2-3-6(13)4-12(5)8-7(9)10-14-11-8/h5-6,13H,2-4H2,1H3. The number of aliphatic hydroxyl groups is 1. The van der Waals surface area contributed by atoms with Gasteiger partial charge in [-0.05, 0) is 19.8 Å². The van der Waals surface area contributed by atoms with Gasteiger partial charge in [0.2, 0.25) is 0 Å². The van der Waals surface area contributed by atoms with Crippen molar-refractivity contribution in [2.45, 2.75) is 31.9 Å². The smallest absolute Gasteiger partial charge is 0.187 e. The molecular formula is C8H12ClN3OS. The van der Waals surface area contributed by atoms with Crippen LogP contribution in [0.5, 0.6) is 0 Å². The summed E-state index contributed by atoms with van der Waals surface area (Å²) in [6, 6.07) is 0.375. The first kappa shape index (κ1) is 10.1. The van der Waals surface area contributed by atoms with Crippen molar-refractivity contribution in [2.75, 3.05) is 11.4 Å². The molecule has 1 aliphatic heterocycles. The Balaban J connectivity index is 2.20. The van der Waals surface area contributed by atoms with Crippen LogP contribution in [0.2, 0.25) is 5.15 Å². The minimum absolute atomic E-state index is 0.274. The van der Waals surface area contributed by atoms with Gasteiger partial charge in [-0.15, -0.1) is 0 Å². The summed E-state index contributed by atoms with van der Waals surface area (Å²) in [4.78, 5) is 2.03. The van der Waals surface area contributed by atoms with E-state index in [1.165, 1.54) is 0 Å². The molecule has 1 aromatic heterocycles. The maximum atomic E-state index is 9.56. The highest BCUT2D eigenvalue weighted by atomic mass is 35.5. The van der Waals surface area contributed by atoms with Gasteiger partial charge in [-0.25, -0.2) is 0 Å². The lowest BCUT2D eigenvalue weighted by atomic mass is 10.0. The third-order valence-corrected chi connectivity index (χ3v) is 3.43. The molecule has 0 aromatic carbocycles. The van der Waals surface area contributed by atoms with Gasteiger partial charge >= 0.3 is 0 Å². The van der Waals surface area contributed by atoms with Crippen LogP contribution in [0.1, 0.15) is 19.8 Å². The zero-order chi connectivity index (χ0) is 10.1. The summed E-state index contributed by atoms with van der Waals surface area (Å²) < 4.78 is 8.06. The Morgan fingerprint density at radius 1 is 1.50 bits per heavy atom. The average molecular weight is 234 g/mol. The maximum absolute atomic E-state index is 9.56. The molecule has 1 N–H and O–H groups in total. The molecule has 78 valence electrons. The highest BCUT2D eigenvalue weighted by Gasteiger charge is 2.27. The van der Waals surface area contributed by atoms with Crippen molar-refractivity contribution < 1.29 is 5.11 Å². The van der Waals surface area contributed by atoms with Crippen molar-refractivity contribution in [1.29, 1.82) is 0 Å². The molecule has 1 saturated heterocycles. The predicted molar refractivity (Wildman–Crippen MR) is 57.0 cm³/mol. The fourth-order valence-electron chi connectivity index (χ4n) is 1.73. The molecular weight excluding hydrogens is 222 g/mol. The predicted octanol–water partition coefficient (Wildman–Crippen LogP) is 1.54. The van der Waals surface area contributed by atoms with Crippen LogP contribution in [0.15, 0.2) is 0 Å². The Morgan fingerprint density at radius 3 is 2.93 bits per heavy atom. The Kier molecular flexibility index (Phi) is 2.90. The minimum atomic E-state index is -0.274. The third kappa shape index (κ3) is 1.85. The van der Waals surface area contributed by atoms with Crippen molar-refractivity contribution in [3.05, 3.63) is 5.15 Å². The van der Waals surface area contributed by atoms with Gasteiger partial charge in [0, 0.05) is 12.6 Å². The van der Waals surface area contributed by atoms with Crippen LogP contribution in [0.3, 0.4) is 0 Å². The van der Waals surface area contributed by atoms with Crippen LogP contribution in [-0.4, -0.2) is 32.5 Å². The third-order valence-electron chi connectivity index (χ3n) is 2.56. The molecule has 0 saturated carbocycles. The van der Waals surface area contributed by atoms with E-state index in [9.17, 15) is 5.11 Å². The van der Waals surface area contributed by atoms with E-state index < -0.39 is 0 Å². The number of anilines is 1. The van der Waals surface area contributed by atoms with E-state index >= 15 is 0 Å². The Labute approximate surface area is 91.8 Å². The molecule has 4 nitrogen and oxygen atoms in total. The van der Waals surface area contributed by atoms with Crippen LogP contribution >= 0.6 is 23.3 Å². The second-order valence-corrected chi connectivity index (χ2v) is 4.50. The first-order chi connectivity index (χ1) is 6.68. The van der Waals surface area contributed by atoms with Crippen LogP contribution in [0.4, 0.5) is 5.82 Å². The summed E-state index contributed by atoms with van der Waals surface area (Å²) >= 11 is 7.01. The van der Waals surface area contributed by atoms with Crippen LogP contribution < -0.4 is 4.90 Å². The zero-order valence-corrected chi connectivity index (χ0v) is 9.42. The van der Waals surface area contributed by atoms with E-state index in [2.05, 4.69) is 15.7 Å². The van der Waals surface area contributed by atoms with Gasteiger partial charge in [0.05, 0.1) is 17.8 Å². The molecule has 0 bridgehead atoms. The lowest BCUT2D eigenvalue weighted by Crippen LogP contribution is -2.44. The molecule has 2 unspecified atom stereocenters. The van der Waals surface area contributed by atoms with Crippen molar-refractivity contribution >= 4 is 29.1 Å². The number of piperidine rings is 1. The van der Waals surface area contributed by atoms with Crippen molar-refractivity contribution in [2.24, 2.45) is 0 Å². The number of hydrogen-bond donors (Lipinski definition) is 1. The number of aromatic nitrogens is 2. The molecule has 0 spiro atoms. The topological polar surface area (TPSA) is 49.2 Å². The normalized spacial score (nSPS) is 28.1. The Bertz CT molecular complexity index is 319. The van der Waals surface area contributed by atoms with Crippen molar-refractivity contribution in [1.82, 2.24) is 8.75 Å². The minimum Gasteiger partial charge on any atom is -0.391 e. The second-order valence-electron chi connectivity index (χ2n) is 3.61. The summed E-state index contributed by atoms with van der Waals surface area (Å²) in [7, 11) is 0. The second kappa shape index (κ2) is 4.00. The number of β-amino-alcohol motifs (C(OH)–C–C–N with tert-alkyl or cyclic N) is 1. The van der Waals surface area contributed by atoms with E-state index in [4.69, 9.17) is 11.6 Å². The summed E-state index contributed by atoms with van der Waals surface area (Å²) in [5, 5.41) is 10.00. The van der Waals surface area contributed by atoms with Gasteiger partial charge in [-0.2, -0.15) is 8.75 Å². The molecule has 6 heteroatoms. The van der Waals surface area contributed by atoms with E-state index in [1.54, 1.807) is 0 Å². The molecule has 2 atom stereocenters. The number of halogens is 1. The van der Waals surface area contributed by atoms with Gasteiger partial charge in [-0.1, -0.05) is 11.6 Å². The zero-order valence-electron chi connectivity index (χ0n) is 7.85. The summed E-state index contributed by atoms with van der Waals surface area (Å²) in [6.07, 6.45) is 1.55. The highest BCUT2D eigenvalue weighted by Crippen LogP contribution is 2.28. The maximum Gasteiger partial charge on any atom is 0.187 e. The number of aliphatic hydroxyl groups excluding tert-OH is 1. The SMILES string of the molecule is CC1CCC(O)CN1c1nsnc1Cl. The summed E-state index contributed by atoms with van der Waals surface area (Å²) in [5.41, 5.74) is 0. The van der Waals surface area contributed by atoms with Crippen LogP contribution in [0.25, 0.3) is 0 Å². The molecule has 0 amide bonds. The van der Waals surface area contributed by atoms with Gasteiger partial charge in [0.1, 0.15) is 0 Å². The van der Waals surface area contributed by atoms with Gasteiger partial charge in [0.25, 0.3) is 0 Å². The molecule has 14 heavy (non-hydrogen) atoms. The molecule has 1 fully saturated rings. The fraction of sp³-hybridized carbons (Fsp3) is 0.750. The summed E-state index contributed by atoms with van der Waals surface area (Å²) in [6.45, 7) is 2.72. The van der Waals surface area contributed by atoms with E-state index in [1.807, 2.05) is 4.90 Å². The van der Waals surface area contributed by atoms with Crippen LogP contribution in [-0.2, 0) is 0 Å². The highest BCUT2D eigenvalue weighted by molar-refractivity contribution is 6.99. The first-order valence-electron chi connectivity index (χ1n) is 4.61. The number of hydrogen-bond acceptors (Lipinski definition) is 5. The lowest BCUT2D eigenvalue weighted by Gasteiger charge is -2.36. The quantitative estimate of drug-likeness (QED) is 0.800. The Morgan fingerprint density at radius 2 is 2.29 bits per heavy atom. The van der Waals surface area contributed by atoms with Gasteiger partial charge in [-0.3, -0.25) is 0 Å². The van der Waals surface area contributed by atoms with Gasteiger partial charge in [0.15, 0.2) is 11.0 Å².